The highest BCUT2D eigenvalue weighted by atomic mass is 16.4. The molecule has 29 heavy (non-hydrogen) atoms. The maximum Gasteiger partial charge on any atom is 0.317 e. The summed E-state index contributed by atoms with van der Waals surface area (Å²) in [5.74, 6) is 0.619. The summed E-state index contributed by atoms with van der Waals surface area (Å²) in [6.45, 7) is 11.2. The third-order valence-corrected chi connectivity index (χ3v) is 6.48. The minimum Gasteiger partial charge on any atom is -0.480 e. The van der Waals surface area contributed by atoms with E-state index in [1.54, 1.807) is 0 Å². The van der Waals surface area contributed by atoms with Gasteiger partial charge in [0.25, 0.3) is 0 Å². The third kappa shape index (κ3) is 18.0. The van der Waals surface area contributed by atoms with Crippen LogP contribution in [-0.2, 0) is 4.79 Å². The second kappa shape index (κ2) is 20.7. The topological polar surface area (TPSA) is 40.5 Å². The van der Waals surface area contributed by atoms with Gasteiger partial charge in [-0.05, 0) is 24.7 Å². The number of nitrogens with zero attached hydrogens (tertiary/aromatic N) is 1. The van der Waals surface area contributed by atoms with Crippen molar-refractivity contribution in [2.45, 2.75) is 130 Å². The van der Waals surface area contributed by atoms with E-state index in [1.807, 2.05) is 0 Å². The Morgan fingerprint density at radius 2 is 1.03 bits per heavy atom. The van der Waals surface area contributed by atoms with E-state index in [2.05, 4.69) is 32.6 Å². The van der Waals surface area contributed by atoms with Crippen molar-refractivity contribution in [2.24, 2.45) is 11.8 Å². The normalized spacial score (nSPS) is 13.7. The van der Waals surface area contributed by atoms with Crippen LogP contribution >= 0.6 is 0 Å². The highest BCUT2D eigenvalue weighted by molar-refractivity contribution is 5.69. The van der Waals surface area contributed by atoms with Gasteiger partial charge < -0.3 is 5.11 Å². The van der Waals surface area contributed by atoms with E-state index < -0.39 is 5.97 Å². The SMILES string of the molecule is CCCCCCCCC(CC)CN(CC(=O)O)CC(CC)CCCCCCCC. The number of carboxylic acid groups (broad SMARTS) is 1. The van der Waals surface area contributed by atoms with Crippen LogP contribution in [0.4, 0.5) is 0 Å². The fraction of sp³-hybridized carbons (Fsp3) is 0.962. The predicted octanol–water partition coefficient (Wildman–Crippen LogP) is 7.93. The van der Waals surface area contributed by atoms with Gasteiger partial charge in [0.15, 0.2) is 0 Å². The average molecular weight is 412 g/mol. The molecule has 174 valence electrons. The van der Waals surface area contributed by atoms with Crippen LogP contribution < -0.4 is 0 Å². The molecule has 0 fully saturated rings. The third-order valence-electron chi connectivity index (χ3n) is 6.48. The fourth-order valence-electron chi connectivity index (χ4n) is 4.40. The molecular formula is C26H53NO2. The Kier molecular flexibility index (Phi) is 20.3. The van der Waals surface area contributed by atoms with E-state index in [1.165, 1.54) is 103 Å². The number of hydrogen-bond donors (Lipinski definition) is 1. The van der Waals surface area contributed by atoms with Crippen LogP contribution in [0, 0.1) is 11.8 Å². The van der Waals surface area contributed by atoms with Crippen LogP contribution in [0.2, 0.25) is 0 Å². The van der Waals surface area contributed by atoms with Crippen molar-refractivity contribution in [1.82, 2.24) is 4.90 Å². The zero-order chi connectivity index (χ0) is 21.7. The molecule has 3 nitrogen and oxygen atoms in total. The van der Waals surface area contributed by atoms with Crippen LogP contribution in [0.25, 0.3) is 0 Å². The first-order valence-corrected chi connectivity index (χ1v) is 13.0. The molecule has 2 atom stereocenters. The molecule has 0 spiro atoms. The molecular weight excluding hydrogens is 358 g/mol. The molecule has 0 heterocycles. The number of aliphatic carboxylic acids is 1. The molecule has 1 N–H and O–H groups in total. The molecule has 2 unspecified atom stereocenters. The molecule has 0 bridgehead atoms. The molecule has 0 saturated carbocycles. The lowest BCUT2D eigenvalue weighted by Gasteiger charge is -2.29. The second-order valence-electron chi connectivity index (χ2n) is 9.25. The fourth-order valence-corrected chi connectivity index (χ4v) is 4.40. The Bertz CT molecular complexity index is 333. The van der Waals surface area contributed by atoms with Crippen molar-refractivity contribution < 1.29 is 9.90 Å². The first kappa shape index (κ1) is 28.4. The average Bonchev–Trinajstić information content (AvgIpc) is 2.70. The second-order valence-corrected chi connectivity index (χ2v) is 9.25. The highest BCUT2D eigenvalue weighted by Crippen LogP contribution is 2.20. The molecule has 0 aliphatic rings. The molecule has 0 aliphatic carbocycles. The van der Waals surface area contributed by atoms with Crippen LogP contribution in [0.1, 0.15) is 130 Å². The van der Waals surface area contributed by atoms with Crippen molar-refractivity contribution in [3.63, 3.8) is 0 Å². The van der Waals surface area contributed by atoms with Crippen molar-refractivity contribution in [3.05, 3.63) is 0 Å². The summed E-state index contributed by atoms with van der Waals surface area (Å²) in [5.41, 5.74) is 0. The summed E-state index contributed by atoms with van der Waals surface area (Å²) < 4.78 is 0. The summed E-state index contributed by atoms with van der Waals surface area (Å²) in [6, 6.07) is 0. The number of carboxylic acids is 1. The van der Waals surface area contributed by atoms with Gasteiger partial charge in [-0.2, -0.15) is 0 Å². The molecule has 0 amide bonds. The Hall–Kier alpha value is -0.570. The van der Waals surface area contributed by atoms with E-state index >= 15 is 0 Å². The summed E-state index contributed by atoms with van der Waals surface area (Å²) in [7, 11) is 0. The molecule has 0 aliphatic heterocycles. The summed E-state index contributed by atoms with van der Waals surface area (Å²) >= 11 is 0. The van der Waals surface area contributed by atoms with Gasteiger partial charge in [-0.15, -0.1) is 0 Å². The monoisotopic (exact) mass is 411 g/mol. The standard InChI is InChI=1S/C26H53NO2/c1-5-9-11-13-15-17-19-24(7-3)21-27(23-26(28)29)22-25(8-4)20-18-16-14-12-10-6-2/h24-25H,5-23H2,1-4H3,(H,28,29). The van der Waals surface area contributed by atoms with Crippen LogP contribution in [-0.4, -0.2) is 35.6 Å². The van der Waals surface area contributed by atoms with Gasteiger partial charge in [-0.3, -0.25) is 9.69 Å². The molecule has 0 radical (unpaired) electrons. The van der Waals surface area contributed by atoms with Gasteiger partial charge in [-0.25, -0.2) is 0 Å². The lowest BCUT2D eigenvalue weighted by molar-refractivity contribution is -0.138. The number of hydrogen-bond acceptors (Lipinski definition) is 2. The Balaban J connectivity index is 4.34. The van der Waals surface area contributed by atoms with E-state index in [-0.39, 0.29) is 6.54 Å². The number of unbranched alkanes of at least 4 members (excludes halogenated alkanes) is 10. The molecule has 0 saturated heterocycles. The highest BCUT2D eigenvalue weighted by Gasteiger charge is 2.19. The maximum atomic E-state index is 11.4. The van der Waals surface area contributed by atoms with Crippen LogP contribution in [0.15, 0.2) is 0 Å². The molecule has 0 rings (SSSR count). The Morgan fingerprint density at radius 3 is 1.38 bits per heavy atom. The van der Waals surface area contributed by atoms with Crippen LogP contribution in [0.5, 0.6) is 0 Å². The summed E-state index contributed by atoms with van der Waals surface area (Å²) in [4.78, 5) is 13.7. The molecule has 3 heteroatoms. The smallest absolute Gasteiger partial charge is 0.317 e. The zero-order valence-corrected chi connectivity index (χ0v) is 20.4. The summed E-state index contributed by atoms with van der Waals surface area (Å²) in [5, 5.41) is 9.41. The number of rotatable bonds is 22. The largest absolute Gasteiger partial charge is 0.480 e. The van der Waals surface area contributed by atoms with E-state index in [9.17, 15) is 9.90 Å². The van der Waals surface area contributed by atoms with Crippen molar-refractivity contribution >= 4 is 5.97 Å². The first-order chi connectivity index (χ1) is 14.1. The Labute approximate surface area is 183 Å². The van der Waals surface area contributed by atoms with E-state index in [4.69, 9.17) is 0 Å². The minimum atomic E-state index is -0.672. The van der Waals surface area contributed by atoms with E-state index in [0.29, 0.717) is 11.8 Å². The van der Waals surface area contributed by atoms with Gasteiger partial charge in [-0.1, -0.05) is 118 Å². The van der Waals surface area contributed by atoms with E-state index in [0.717, 1.165) is 13.1 Å². The molecule has 0 aromatic heterocycles. The minimum absolute atomic E-state index is 0.208. The number of carbonyl (C=O) groups is 1. The predicted molar refractivity (Wildman–Crippen MR) is 128 cm³/mol. The van der Waals surface area contributed by atoms with Crippen molar-refractivity contribution in [2.75, 3.05) is 19.6 Å². The van der Waals surface area contributed by atoms with Gasteiger partial charge in [0.2, 0.25) is 0 Å². The lowest BCUT2D eigenvalue weighted by Crippen LogP contribution is -2.37. The van der Waals surface area contributed by atoms with Crippen molar-refractivity contribution in [3.8, 4) is 0 Å². The quantitative estimate of drug-likeness (QED) is 0.184. The lowest BCUT2D eigenvalue weighted by atomic mass is 9.94. The van der Waals surface area contributed by atoms with Gasteiger partial charge in [0, 0.05) is 13.1 Å². The van der Waals surface area contributed by atoms with Crippen molar-refractivity contribution in [1.29, 1.82) is 0 Å². The molecule has 0 aromatic rings. The first-order valence-electron chi connectivity index (χ1n) is 13.0. The van der Waals surface area contributed by atoms with Gasteiger partial charge in [0.1, 0.15) is 0 Å². The summed E-state index contributed by atoms with van der Waals surface area (Å²) in [6.07, 6.45) is 20.9. The molecule has 0 aromatic carbocycles. The van der Waals surface area contributed by atoms with Gasteiger partial charge >= 0.3 is 5.97 Å². The van der Waals surface area contributed by atoms with Crippen LogP contribution in [0.3, 0.4) is 0 Å². The maximum absolute atomic E-state index is 11.4. The Morgan fingerprint density at radius 1 is 0.655 bits per heavy atom. The zero-order valence-electron chi connectivity index (χ0n) is 20.4. The van der Waals surface area contributed by atoms with Gasteiger partial charge in [0.05, 0.1) is 6.54 Å².